The fraction of sp³-hybridized carbons (Fsp3) is 0.371. The predicted molar refractivity (Wildman–Crippen MR) is 184 cm³/mol. The van der Waals surface area contributed by atoms with Crippen molar-refractivity contribution in [3.63, 3.8) is 0 Å². The highest BCUT2D eigenvalue weighted by Gasteiger charge is 2.55. The first-order valence-electron chi connectivity index (χ1n) is 15.8. The van der Waals surface area contributed by atoms with E-state index in [2.05, 4.69) is 20.9 Å². The fourth-order valence-corrected chi connectivity index (χ4v) is 5.80. The van der Waals surface area contributed by atoms with E-state index < -0.39 is 47.5 Å². The maximum Gasteiger partial charge on any atom is 0.328 e. The van der Waals surface area contributed by atoms with Gasteiger partial charge in [0.2, 0.25) is 5.91 Å². The van der Waals surface area contributed by atoms with Crippen molar-refractivity contribution >= 4 is 53.6 Å². The van der Waals surface area contributed by atoms with Gasteiger partial charge in [0.15, 0.2) is 0 Å². The van der Waals surface area contributed by atoms with E-state index in [0.29, 0.717) is 28.3 Å². The third-order valence-electron chi connectivity index (χ3n) is 8.77. The number of aromatic nitrogens is 1. The van der Waals surface area contributed by atoms with Crippen LogP contribution in [0.5, 0.6) is 5.75 Å². The van der Waals surface area contributed by atoms with Crippen LogP contribution in [0.15, 0.2) is 67.0 Å². The molecule has 1 aromatic heterocycles. The van der Waals surface area contributed by atoms with Gasteiger partial charge < -0.3 is 30.7 Å². The van der Waals surface area contributed by atoms with Crippen LogP contribution in [-0.2, 0) is 20.9 Å². The van der Waals surface area contributed by atoms with Crippen molar-refractivity contribution in [2.75, 3.05) is 17.7 Å². The molecule has 0 radical (unpaired) electrons. The van der Waals surface area contributed by atoms with Gasteiger partial charge in [0, 0.05) is 24.6 Å². The molecule has 2 fully saturated rings. The molecule has 49 heavy (non-hydrogen) atoms. The summed E-state index contributed by atoms with van der Waals surface area (Å²) >= 11 is 0. The van der Waals surface area contributed by atoms with Gasteiger partial charge in [-0.2, -0.15) is 0 Å². The Hall–Kier alpha value is -5.17. The van der Waals surface area contributed by atoms with Gasteiger partial charge >= 0.3 is 18.0 Å². The number of carboxylic acid groups (broad SMARTS) is 1. The van der Waals surface area contributed by atoms with Crippen LogP contribution in [0.3, 0.4) is 0 Å². The van der Waals surface area contributed by atoms with E-state index in [-0.39, 0.29) is 37.7 Å². The number of para-hydroxylation sites is 1. The second-order valence-electron chi connectivity index (χ2n) is 12.7. The SMILES string of the molecule is COc1cc(CN2C(=O)N([C@@H](CC3CC3)C(=O)NC(CC(=O)O)c3ccncc3)C(=O)C2(C)C)ccc1NC(=O)Nc1ccccc1C.Cl. The average Bonchev–Trinajstić information content (AvgIpc) is 3.86. The first-order valence-corrected chi connectivity index (χ1v) is 15.8. The van der Waals surface area contributed by atoms with Gasteiger partial charge in [0.1, 0.15) is 17.3 Å². The normalized spacial score (nSPS) is 16.3. The van der Waals surface area contributed by atoms with Crippen LogP contribution in [0.1, 0.15) is 62.3 Å². The summed E-state index contributed by atoms with van der Waals surface area (Å²) in [7, 11) is 1.46. The Balaban J connectivity index is 0.00000541. The number of aliphatic carboxylic acids is 1. The van der Waals surface area contributed by atoms with Crippen molar-refractivity contribution < 1.29 is 33.8 Å². The lowest BCUT2D eigenvalue weighted by molar-refractivity contribution is -0.140. The Labute approximate surface area is 290 Å². The number of carbonyl (C=O) groups excluding carboxylic acids is 4. The van der Waals surface area contributed by atoms with Gasteiger partial charge in [-0.3, -0.25) is 19.4 Å². The Bertz CT molecular complexity index is 1720. The standard InChI is InChI=1S/C35H40N6O7.ClH/c1-21-7-5-6-8-25(21)38-33(46)39-26-12-11-23(18-29(26)48-4)20-40-34(47)41(32(45)35(40,2)3)28(17-22-9-10-22)31(44)37-27(19-30(42)43)24-13-15-36-16-14-24;/h5-8,11-16,18,22,27-28H,9-10,17,19-20H2,1-4H3,(H,37,44)(H,42,43)(H2,38,39,46);1H/t27?,28-;/m0./s1. The zero-order chi connectivity index (χ0) is 34.6. The van der Waals surface area contributed by atoms with Gasteiger partial charge in [-0.1, -0.05) is 37.1 Å². The van der Waals surface area contributed by atoms with E-state index in [0.717, 1.165) is 23.3 Å². The maximum absolute atomic E-state index is 14.0. The zero-order valence-corrected chi connectivity index (χ0v) is 28.6. The van der Waals surface area contributed by atoms with Crippen LogP contribution in [0.2, 0.25) is 0 Å². The lowest BCUT2D eigenvalue weighted by Crippen LogP contribution is -2.51. The number of hydrogen-bond acceptors (Lipinski definition) is 7. The van der Waals surface area contributed by atoms with Crippen molar-refractivity contribution in [1.82, 2.24) is 20.1 Å². The number of rotatable bonds is 13. The van der Waals surface area contributed by atoms with Crippen molar-refractivity contribution in [3.05, 3.63) is 83.7 Å². The molecule has 4 N–H and O–H groups in total. The zero-order valence-electron chi connectivity index (χ0n) is 27.8. The maximum atomic E-state index is 14.0. The summed E-state index contributed by atoms with van der Waals surface area (Å²) < 4.78 is 5.55. The highest BCUT2D eigenvalue weighted by Crippen LogP contribution is 2.39. The Morgan fingerprint density at radius 1 is 1.02 bits per heavy atom. The summed E-state index contributed by atoms with van der Waals surface area (Å²) in [5, 5.41) is 17.9. The predicted octanol–water partition coefficient (Wildman–Crippen LogP) is 5.51. The van der Waals surface area contributed by atoms with E-state index in [1.165, 1.54) is 24.4 Å². The smallest absolute Gasteiger partial charge is 0.328 e. The van der Waals surface area contributed by atoms with E-state index in [1.54, 1.807) is 50.2 Å². The third kappa shape index (κ3) is 8.47. The molecule has 2 aliphatic rings. The minimum absolute atomic E-state index is 0. The van der Waals surface area contributed by atoms with Crippen LogP contribution in [0.25, 0.3) is 0 Å². The van der Waals surface area contributed by atoms with E-state index in [1.807, 2.05) is 25.1 Å². The minimum atomic E-state index is -1.29. The van der Waals surface area contributed by atoms with Crippen LogP contribution in [-0.4, -0.2) is 68.4 Å². The van der Waals surface area contributed by atoms with Crippen LogP contribution in [0, 0.1) is 12.8 Å². The number of pyridine rings is 1. The molecule has 14 heteroatoms. The number of nitrogens with one attached hydrogen (secondary N) is 3. The number of carboxylic acids is 1. The van der Waals surface area contributed by atoms with Crippen LogP contribution < -0.4 is 20.7 Å². The molecule has 13 nitrogen and oxygen atoms in total. The number of imide groups is 1. The lowest BCUT2D eigenvalue weighted by Gasteiger charge is -2.28. The van der Waals surface area contributed by atoms with Crippen molar-refractivity contribution in [3.8, 4) is 5.75 Å². The topological polar surface area (TPSA) is 170 Å². The Kier molecular flexibility index (Phi) is 11.5. The molecule has 1 aliphatic carbocycles. The molecule has 0 spiro atoms. The monoisotopic (exact) mass is 692 g/mol. The summed E-state index contributed by atoms with van der Waals surface area (Å²) in [5.74, 6) is -1.70. The molecule has 3 aromatic rings. The highest BCUT2D eigenvalue weighted by atomic mass is 35.5. The van der Waals surface area contributed by atoms with Crippen LogP contribution in [0.4, 0.5) is 21.0 Å². The second kappa shape index (κ2) is 15.4. The van der Waals surface area contributed by atoms with E-state index >= 15 is 0 Å². The van der Waals surface area contributed by atoms with Gasteiger partial charge in [-0.05, 0) is 80.1 Å². The lowest BCUT2D eigenvalue weighted by atomic mass is 10.0. The third-order valence-corrected chi connectivity index (χ3v) is 8.77. The molecule has 1 saturated heterocycles. The first-order chi connectivity index (χ1) is 22.9. The fourth-order valence-electron chi connectivity index (χ4n) is 5.80. The van der Waals surface area contributed by atoms with E-state index in [9.17, 15) is 29.1 Å². The molecule has 0 bridgehead atoms. The number of hydrogen-bond donors (Lipinski definition) is 4. The van der Waals surface area contributed by atoms with E-state index in [4.69, 9.17) is 4.74 Å². The van der Waals surface area contributed by atoms with Crippen LogP contribution >= 0.6 is 12.4 Å². The number of urea groups is 2. The number of benzene rings is 2. The molecule has 1 aliphatic heterocycles. The minimum Gasteiger partial charge on any atom is -0.495 e. The number of halogens is 1. The average molecular weight is 693 g/mol. The Morgan fingerprint density at radius 2 is 1.69 bits per heavy atom. The molecule has 5 rings (SSSR count). The number of methoxy groups -OCH3 is 1. The highest BCUT2D eigenvalue weighted by molar-refractivity contribution is 6.09. The van der Waals surface area contributed by atoms with Gasteiger partial charge in [0.05, 0.1) is 25.3 Å². The van der Waals surface area contributed by atoms with Crippen molar-refractivity contribution in [2.45, 2.75) is 70.6 Å². The molecule has 260 valence electrons. The van der Waals surface area contributed by atoms with Gasteiger partial charge in [-0.25, -0.2) is 14.5 Å². The summed E-state index contributed by atoms with van der Waals surface area (Å²) in [6.45, 7) is 5.17. The molecule has 2 atom stereocenters. The van der Waals surface area contributed by atoms with Crippen molar-refractivity contribution in [2.24, 2.45) is 5.92 Å². The molecular formula is C35H41ClN6O7. The van der Waals surface area contributed by atoms with Gasteiger partial charge in [0.25, 0.3) is 5.91 Å². The number of nitrogens with zero attached hydrogens (tertiary/aromatic N) is 3. The number of carbonyl (C=O) groups is 5. The quantitative estimate of drug-likeness (QED) is 0.170. The molecule has 1 saturated carbocycles. The summed E-state index contributed by atoms with van der Waals surface area (Å²) in [6, 6.07) is 12.6. The van der Waals surface area contributed by atoms with Gasteiger partial charge in [-0.15, -0.1) is 12.4 Å². The molecule has 1 unspecified atom stereocenters. The number of amides is 6. The molecular weight excluding hydrogens is 652 g/mol. The molecule has 2 aromatic carbocycles. The summed E-state index contributed by atoms with van der Waals surface area (Å²) in [4.78, 5) is 72.6. The Morgan fingerprint density at radius 3 is 2.33 bits per heavy atom. The summed E-state index contributed by atoms with van der Waals surface area (Å²) in [6.07, 6.45) is 4.65. The number of aryl methyl sites for hydroxylation is 1. The second-order valence-corrected chi connectivity index (χ2v) is 12.7. The number of ether oxygens (including phenoxy) is 1. The molecule has 2 heterocycles. The largest absolute Gasteiger partial charge is 0.495 e. The summed E-state index contributed by atoms with van der Waals surface area (Å²) in [5.41, 5.74) is 1.87. The first kappa shape index (κ1) is 36.7. The molecule has 6 amide bonds. The van der Waals surface area contributed by atoms with Crippen molar-refractivity contribution in [1.29, 1.82) is 0 Å². The number of anilines is 2.